The minimum Gasteiger partial charge on any atom is -0.481 e. The minimum absolute atomic E-state index is 0.0669. The van der Waals surface area contributed by atoms with Crippen molar-refractivity contribution in [2.24, 2.45) is 11.8 Å². The molecule has 3 nitrogen and oxygen atoms in total. The first-order valence-electron chi connectivity index (χ1n) is 8.53. The Morgan fingerprint density at radius 2 is 1.80 bits per heavy atom. The molecular formula is C17H31NO2. The van der Waals surface area contributed by atoms with E-state index in [0.717, 1.165) is 19.5 Å². The van der Waals surface area contributed by atoms with Crippen LogP contribution in [0.1, 0.15) is 71.6 Å². The van der Waals surface area contributed by atoms with Crippen LogP contribution in [0.25, 0.3) is 0 Å². The van der Waals surface area contributed by atoms with E-state index < -0.39 is 5.97 Å². The molecule has 1 N–H and O–H groups in total. The topological polar surface area (TPSA) is 40.5 Å². The molecule has 0 aromatic carbocycles. The summed E-state index contributed by atoms with van der Waals surface area (Å²) in [5, 5.41) is 9.50. The molecule has 3 heteroatoms. The Hall–Kier alpha value is -0.570. The summed E-state index contributed by atoms with van der Waals surface area (Å²) in [5.41, 5.74) is -0.0669. The van der Waals surface area contributed by atoms with Crippen LogP contribution in [0.15, 0.2) is 0 Å². The largest absolute Gasteiger partial charge is 0.481 e. The minimum atomic E-state index is -0.609. The molecule has 0 aromatic rings. The molecule has 0 amide bonds. The maximum absolute atomic E-state index is 11.5. The fraction of sp³-hybridized carbons (Fsp3) is 0.941. The molecule has 2 rings (SSSR count). The zero-order valence-corrected chi connectivity index (χ0v) is 13.2. The van der Waals surface area contributed by atoms with E-state index in [0.29, 0.717) is 18.3 Å². The quantitative estimate of drug-likeness (QED) is 0.849. The summed E-state index contributed by atoms with van der Waals surface area (Å²) in [5.74, 6) is 0.519. The van der Waals surface area contributed by atoms with E-state index in [1.54, 1.807) is 0 Å². The van der Waals surface area contributed by atoms with Crippen LogP contribution in [-0.2, 0) is 4.79 Å². The molecule has 1 aliphatic heterocycles. The van der Waals surface area contributed by atoms with Crippen molar-refractivity contribution >= 4 is 5.97 Å². The Bertz CT molecular complexity index is 321. The molecule has 1 saturated heterocycles. The van der Waals surface area contributed by atoms with Crippen molar-refractivity contribution in [1.29, 1.82) is 0 Å². The average molecular weight is 281 g/mol. The van der Waals surface area contributed by atoms with Crippen LogP contribution in [0.2, 0.25) is 0 Å². The van der Waals surface area contributed by atoms with Crippen molar-refractivity contribution in [2.45, 2.75) is 77.2 Å². The number of hydrogen-bond acceptors (Lipinski definition) is 2. The highest BCUT2D eigenvalue weighted by atomic mass is 16.4. The Kier molecular flexibility index (Phi) is 5.48. The van der Waals surface area contributed by atoms with E-state index >= 15 is 0 Å². The smallest absolute Gasteiger partial charge is 0.305 e. The highest BCUT2D eigenvalue weighted by molar-refractivity contribution is 5.68. The second kappa shape index (κ2) is 6.93. The van der Waals surface area contributed by atoms with Gasteiger partial charge in [-0.2, -0.15) is 0 Å². The summed E-state index contributed by atoms with van der Waals surface area (Å²) in [6.45, 7) is 6.78. The second-order valence-corrected chi connectivity index (χ2v) is 7.17. The first-order chi connectivity index (χ1) is 9.56. The van der Waals surface area contributed by atoms with E-state index in [4.69, 9.17) is 0 Å². The van der Waals surface area contributed by atoms with E-state index in [1.165, 1.54) is 44.9 Å². The molecule has 1 saturated carbocycles. The van der Waals surface area contributed by atoms with Crippen molar-refractivity contribution in [3.05, 3.63) is 0 Å². The molecule has 1 heterocycles. The SMILES string of the molecule is CC(C)C1CCCCC1(CC(=O)O)N1CCCCCC1. The fourth-order valence-corrected chi connectivity index (χ4v) is 4.71. The first-order valence-corrected chi connectivity index (χ1v) is 8.53. The van der Waals surface area contributed by atoms with Crippen molar-refractivity contribution in [1.82, 2.24) is 4.90 Å². The lowest BCUT2D eigenvalue weighted by atomic mass is 9.65. The van der Waals surface area contributed by atoms with Gasteiger partial charge in [-0.15, -0.1) is 0 Å². The van der Waals surface area contributed by atoms with E-state index in [2.05, 4.69) is 18.7 Å². The Balaban J connectivity index is 2.28. The summed E-state index contributed by atoms with van der Waals surface area (Å²) < 4.78 is 0. The molecule has 1 aliphatic carbocycles. The van der Waals surface area contributed by atoms with E-state index in [9.17, 15) is 9.90 Å². The monoisotopic (exact) mass is 281 g/mol. The molecule has 0 radical (unpaired) electrons. The molecule has 2 aliphatic rings. The van der Waals surface area contributed by atoms with Crippen LogP contribution in [0.3, 0.4) is 0 Å². The van der Waals surface area contributed by atoms with Crippen molar-refractivity contribution in [3.8, 4) is 0 Å². The first kappa shape index (κ1) is 15.8. The number of aliphatic carboxylic acids is 1. The van der Waals surface area contributed by atoms with Gasteiger partial charge in [0.05, 0.1) is 6.42 Å². The van der Waals surface area contributed by atoms with Gasteiger partial charge in [0.1, 0.15) is 0 Å². The van der Waals surface area contributed by atoms with Crippen molar-refractivity contribution < 1.29 is 9.90 Å². The third-order valence-electron chi connectivity index (χ3n) is 5.56. The zero-order chi connectivity index (χ0) is 14.6. The molecular weight excluding hydrogens is 250 g/mol. The lowest BCUT2D eigenvalue weighted by Gasteiger charge is -2.52. The number of nitrogens with zero attached hydrogens (tertiary/aromatic N) is 1. The fourth-order valence-electron chi connectivity index (χ4n) is 4.71. The van der Waals surface area contributed by atoms with Gasteiger partial charge >= 0.3 is 5.97 Å². The molecule has 2 atom stereocenters. The number of likely N-dealkylation sites (tertiary alicyclic amines) is 1. The van der Waals surface area contributed by atoms with Crippen LogP contribution in [-0.4, -0.2) is 34.6 Å². The Labute approximate surface area is 123 Å². The van der Waals surface area contributed by atoms with Gasteiger partial charge in [0, 0.05) is 5.54 Å². The maximum Gasteiger partial charge on any atom is 0.305 e. The van der Waals surface area contributed by atoms with Gasteiger partial charge in [0.15, 0.2) is 0 Å². The maximum atomic E-state index is 11.5. The van der Waals surface area contributed by atoms with Gasteiger partial charge in [-0.1, -0.05) is 39.5 Å². The summed E-state index contributed by atoms with van der Waals surface area (Å²) in [4.78, 5) is 14.1. The van der Waals surface area contributed by atoms with Crippen LogP contribution in [0.4, 0.5) is 0 Å². The van der Waals surface area contributed by atoms with Crippen LogP contribution >= 0.6 is 0 Å². The molecule has 0 bridgehead atoms. The molecule has 116 valence electrons. The summed E-state index contributed by atoms with van der Waals surface area (Å²) in [6.07, 6.45) is 10.2. The highest BCUT2D eigenvalue weighted by Gasteiger charge is 2.47. The van der Waals surface area contributed by atoms with Crippen LogP contribution < -0.4 is 0 Å². The lowest BCUT2D eigenvalue weighted by Crippen LogP contribution is -2.58. The van der Waals surface area contributed by atoms with Crippen molar-refractivity contribution in [2.75, 3.05) is 13.1 Å². The Morgan fingerprint density at radius 3 is 2.35 bits per heavy atom. The van der Waals surface area contributed by atoms with Gasteiger partial charge in [0.25, 0.3) is 0 Å². The van der Waals surface area contributed by atoms with Gasteiger partial charge in [-0.05, 0) is 50.6 Å². The average Bonchev–Trinajstić information content (AvgIpc) is 2.67. The summed E-state index contributed by atoms with van der Waals surface area (Å²) in [7, 11) is 0. The molecule has 0 spiro atoms. The van der Waals surface area contributed by atoms with E-state index in [-0.39, 0.29) is 5.54 Å². The van der Waals surface area contributed by atoms with Gasteiger partial charge in [0.2, 0.25) is 0 Å². The second-order valence-electron chi connectivity index (χ2n) is 7.17. The molecule has 2 fully saturated rings. The highest BCUT2D eigenvalue weighted by Crippen LogP contribution is 2.45. The summed E-state index contributed by atoms with van der Waals surface area (Å²) >= 11 is 0. The number of rotatable bonds is 4. The predicted molar refractivity (Wildman–Crippen MR) is 81.8 cm³/mol. The van der Waals surface area contributed by atoms with Gasteiger partial charge < -0.3 is 5.11 Å². The van der Waals surface area contributed by atoms with Gasteiger partial charge in [-0.25, -0.2) is 0 Å². The predicted octanol–water partition coefficient (Wildman–Crippen LogP) is 3.92. The number of carbonyl (C=O) groups is 1. The number of carboxylic acid groups (broad SMARTS) is 1. The normalized spacial score (nSPS) is 33.0. The molecule has 0 aromatic heterocycles. The third-order valence-corrected chi connectivity index (χ3v) is 5.56. The molecule has 20 heavy (non-hydrogen) atoms. The number of carboxylic acids is 1. The van der Waals surface area contributed by atoms with Crippen LogP contribution in [0, 0.1) is 11.8 Å². The van der Waals surface area contributed by atoms with Crippen molar-refractivity contribution in [3.63, 3.8) is 0 Å². The standard InChI is InChI=1S/C17H31NO2/c1-14(2)15-9-5-6-10-17(15,13-16(19)20)18-11-7-3-4-8-12-18/h14-15H,3-13H2,1-2H3,(H,19,20). The van der Waals surface area contributed by atoms with Gasteiger partial charge in [-0.3, -0.25) is 9.69 Å². The summed E-state index contributed by atoms with van der Waals surface area (Å²) in [6, 6.07) is 0. The third kappa shape index (κ3) is 3.36. The Morgan fingerprint density at radius 1 is 1.15 bits per heavy atom. The van der Waals surface area contributed by atoms with Crippen LogP contribution in [0.5, 0.6) is 0 Å². The number of hydrogen-bond donors (Lipinski definition) is 1. The van der Waals surface area contributed by atoms with E-state index in [1.807, 2.05) is 0 Å². The molecule has 2 unspecified atom stereocenters. The lowest BCUT2D eigenvalue weighted by molar-refractivity contribution is -0.144. The zero-order valence-electron chi connectivity index (χ0n) is 13.2.